The summed E-state index contributed by atoms with van der Waals surface area (Å²) in [6.07, 6.45) is 3.05. The first-order valence-corrected chi connectivity index (χ1v) is 6.37. The molecule has 1 N–H and O–H groups in total. The molecule has 2 heterocycles. The first-order valence-electron chi connectivity index (χ1n) is 6.37. The van der Waals surface area contributed by atoms with E-state index in [-0.39, 0.29) is 17.6 Å². The summed E-state index contributed by atoms with van der Waals surface area (Å²) in [6.45, 7) is 4.64. The highest BCUT2D eigenvalue weighted by atomic mass is 16.3. The van der Waals surface area contributed by atoms with E-state index in [4.69, 9.17) is 0 Å². The van der Waals surface area contributed by atoms with Crippen LogP contribution in [0.5, 0.6) is 0 Å². The lowest BCUT2D eigenvalue weighted by Gasteiger charge is -2.44. The first kappa shape index (κ1) is 13.0. The number of nitrogens with zero attached hydrogens (tertiary/aromatic N) is 2. The number of rotatable bonds is 2. The van der Waals surface area contributed by atoms with Gasteiger partial charge >= 0.3 is 0 Å². The molecule has 98 valence electrons. The Morgan fingerprint density at radius 2 is 2.33 bits per heavy atom. The summed E-state index contributed by atoms with van der Waals surface area (Å²) < 4.78 is 0. The molecule has 4 nitrogen and oxygen atoms in total. The van der Waals surface area contributed by atoms with E-state index in [1.165, 1.54) is 0 Å². The third-order valence-corrected chi connectivity index (χ3v) is 3.51. The average Bonchev–Trinajstić information content (AvgIpc) is 2.28. The van der Waals surface area contributed by atoms with Crippen LogP contribution in [-0.2, 0) is 11.2 Å². The van der Waals surface area contributed by atoms with Crippen LogP contribution in [0.15, 0.2) is 24.4 Å². The maximum atomic E-state index is 12.3. The summed E-state index contributed by atoms with van der Waals surface area (Å²) in [6, 6.07) is 5.60. The van der Waals surface area contributed by atoms with Crippen LogP contribution >= 0.6 is 0 Å². The van der Waals surface area contributed by atoms with Crippen molar-refractivity contribution in [2.24, 2.45) is 0 Å². The van der Waals surface area contributed by atoms with Crippen LogP contribution in [0.2, 0.25) is 0 Å². The van der Waals surface area contributed by atoms with Gasteiger partial charge in [0.05, 0.1) is 12.5 Å². The van der Waals surface area contributed by atoms with Crippen LogP contribution in [0.25, 0.3) is 0 Å². The molecule has 1 amide bonds. The molecule has 1 unspecified atom stereocenters. The Balaban J connectivity index is 2.05. The van der Waals surface area contributed by atoms with Crippen LogP contribution in [-0.4, -0.2) is 39.1 Å². The van der Waals surface area contributed by atoms with E-state index in [0.717, 1.165) is 5.69 Å². The number of likely N-dealkylation sites (tertiary alicyclic amines) is 1. The van der Waals surface area contributed by atoms with Crippen LogP contribution < -0.4 is 0 Å². The van der Waals surface area contributed by atoms with Gasteiger partial charge in [0.1, 0.15) is 0 Å². The number of aliphatic hydroxyl groups excluding tert-OH is 1. The summed E-state index contributed by atoms with van der Waals surface area (Å²) in [5, 5.41) is 9.68. The molecular weight excluding hydrogens is 228 g/mol. The van der Waals surface area contributed by atoms with Gasteiger partial charge in [-0.25, -0.2) is 0 Å². The summed E-state index contributed by atoms with van der Waals surface area (Å²) in [5.41, 5.74) is 0.521. The zero-order valence-corrected chi connectivity index (χ0v) is 11.0. The van der Waals surface area contributed by atoms with Gasteiger partial charge < -0.3 is 10.0 Å². The van der Waals surface area contributed by atoms with Crippen molar-refractivity contribution in [3.8, 4) is 0 Å². The second kappa shape index (κ2) is 5.06. The third-order valence-electron chi connectivity index (χ3n) is 3.51. The predicted molar refractivity (Wildman–Crippen MR) is 69.0 cm³/mol. The Labute approximate surface area is 108 Å². The zero-order chi connectivity index (χ0) is 13.2. The van der Waals surface area contributed by atoms with Crippen molar-refractivity contribution < 1.29 is 9.90 Å². The normalized spacial score (nSPS) is 22.8. The molecule has 1 fully saturated rings. The molecule has 1 aromatic heterocycles. The quantitative estimate of drug-likeness (QED) is 0.860. The second-order valence-corrected chi connectivity index (χ2v) is 5.50. The number of hydrogen-bond donors (Lipinski definition) is 1. The molecule has 4 heteroatoms. The van der Waals surface area contributed by atoms with Crippen LogP contribution in [0.4, 0.5) is 0 Å². The number of aromatic nitrogens is 1. The summed E-state index contributed by atoms with van der Waals surface area (Å²) in [4.78, 5) is 18.3. The monoisotopic (exact) mass is 248 g/mol. The minimum Gasteiger partial charge on any atom is -0.393 e. The fourth-order valence-electron chi connectivity index (χ4n) is 2.59. The number of pyridine rings is 1. The van der Waals surface area contributed by atoms with Crippen LogP contribution in [0.1, 0.15) is 32.4 Å². The fourth-order valence-corrected chi connectivity index (χ4v) is 2.59. The van der Waals surface area contributed by atoms with Crippen molar-refractivity contribution in [2.75, 3.05) is 6.54 Å². The molecule has 18 heavy (non-hydrogen) atoms. The second-order valence-electron chi connectivity index (χ2n) is 5.50. The van der Waals surface area contributed by atoms with Gasteiger partial charge in [0.2, 0.25) is 5.91 Å². The molecule has 0 spiro atoms. The Morgan fingerprint density at radius 1 is 1.56 bits per heavy atom. The molecule has 1 saturated heterocycles. The van der Waals surface area contributed by atoms with Crippen molar-refractivity contribution in [3.63, 3.8) is 0 Å². The number of aliphatic hydroxyl groups is 1. The van der Waals surface area contributed by atoms with E-state index in [1.54, 1.807) is 6.20 Å². The number of hydrogen-bond acceptors (Lipinski definition) is 3. The standard InChI is InChI=1S/C14H20N2O2/c1-14(2)10-12(17)6-8-16(14)13(18)9-11-5-3-4-7-15-11/h3-5,7,12,17H,6,8-10H2,1-2H3. The average molecular weight is 248 g/mol. The molecule has 2 rings (SSSR count). The first-order chi connectivity index (χ1) is 8.49. The topological polar surface area (TPSA) is 53.4 Å². The van der Waals surface area contributed by atoms with Crippen molar-refractivity contribution >= 4 is 5.91 Å². The Bertz CT molecular complexity index is 417. The number of amides is 1. The summed E-state index contributed by atoms with van der Waals surface area (Å²) in [7, 11) is 0. The van der Waals surface area contributed by atoms with Gasteiger partial charge in [0.15, 0.2) is 0 Å². The SMILES string of the molecule is CC1(C)CC(O)CCN1C(=O)Cc1ccccn1. The number of carbonyl (C=O) groups excluding carboxylic acids is 1. The van der Waals surface area contributed by atoms with Crippen LogP contribution in [0.3, 0.4) is 0 Å². The highest BCUT2D eigenvalue weighted by Gasteiger charge is 2.36. The third kappa shape index (κ3) is 2.88. The lowest BCUT2D eigenvalue weighted by atomic mass is 9.88. The Hall–Kier alpha value is -1.42. The predicted octanol–water partition coefficient (Wildman–Crippen LogP) is 1.39. The fraction of sp³-hybridized carbons (Fsp3) is 0.571. The molecule has 1 aromatic rings. The van der Waals surface area contributed by atoms with Crippen LogP contribution in [0, 0.1) is 0 Å². The molecule has 0 aromatic carbocycles. The lowest BCUT2D eigenvalue weighted by Crippen LogP contribution is -2.54. The molecule has 1 aliphatic heterocycles. The van der Waals surface area contributed by atoms with Gasteiger partial charge in [-0.2, -0.15) is 0 Å². The van der Waals surface area contributed by atoms with E-state index in [2.05, 4.69) is 4.98 Å². The van der Waals surface area contributed by atoms with E-state index >= 15 is 0 Å². The van der Waals surface area contributed by atoms with Gasteiger partial charge in [-0.15, -0.1) is 0 Å². The minimum absolute atomic E-state index is 0.0885. The van der Waals surface area contributed by atoms with Crippen molar-refractivity contribution in [1.29, 1.82) is 0 Å². The molecule has 0 aliphatic carbocycles. The Kier molecular flexibility index (Phi) is 3.66. The Morgan fingerprint density at radius 3 is 2.94 bits per heavy atom. The van der Waals surface area contributed by atoms with E-state index < -0.39 is 0 Å². The molecule has 1 aliphatic rings. The van der Waals surface area contributed by atoms with Crippen molar-refractivity contribution in [1.82, 2.24) is 9.88 Å². The largest absolute Gasteiger partial charge is 0.393 e. The maximum Gasteiger partial charge on any atom is 0.229 e. The highest BCUT2D eigenvalue weighted by molar-refractivity contribution is 5.79. The highest BCUT2D eigenvalue weighted by Crippen LogP contribution is 2.28. The molecular formula is C14H20N2O2. The maximum absolute atomic E-state index is 12.3. The van der Waals surface area contributed by atoms with Crippen molar-refractivity contribution in [2.45, 2.75) is 44.8 Å². The van der Waals surface area contributed by atoms with Gasteiger partial charge in [-0.1, -0.05) is 6.07 Å². The molecule has 1 atom stereocenters. The van der Waals surface area contributed by atoms with Gasteiger partial charge in [0.25, 0.3) is 0 Å². The van der Waals surface area contributed by atoms with E-state index in [0.29, 0.717) is 25.8 Å². The number of piperidine rings is 1. The van der Waals surface area contributed by atoms with Crippen molar-refractivity contribution in [3.05, 3.63) is 30.1 Å². The molecule has 0 saturated carbocycles. The van der Waals surface area contributed by atoms with Gasteiger partial charge in [0, 0.05) is 24.0 Å². The molecule has 0 bridgehead atoms. The van der Waals surface area contributed by atoms with E-state index in [1.807, 2.05) is 36.9 Å². The minimum atomic E-state index is -0.293. The van der Waals surface area contributed by atoms with Gasteiger partial charge in [-0.3, -0.25) is 9.78 Å². The lowest BCUT2D eigenvalue weighted by molar-refractivity contribution is -0.140. The smallest absolute Gasteiger partial charge is 0.229 e. The number of carbonyl (C=O) groups is 1. The molecule has 0 radical (unpaired) electrons. The summed E-state index contributed by atoms with van der Waals surface area (Å²) in [5.74, 6) is 0.0885. The zero-order valence-electron chi connectivity index (χ0n) is 11.0. The summed E-state index contributed by atoms with van der Waals surface area (Å²) >= 11 is 0. The van der Waals surface area contributed by atoms with E-state index in [9.17, 15) is 9.90 Å². The van der Waals surface area contributed by atoms with Gasteiger partial charge in [-0.05, 0) is 38.8 Å².